The van der Waals surface area contributed by atoms with E-state index >= 15 is 0 Å². The summed E-state index contributed by atoms with van der Waals surface area (Å²) in [5.74, 6) is 0.993. The Morgan fingerprint density at radius 1 is 0.324 bits per heavy atom. The van der Waals surface area contributed by atoms with Gasteiger partial charge in [0.15, 0.2) is 0 Å². The number of unbranched alkanes of at least 4 members (excludes halogenated alkanes) is 12. The fourth-order valence-corrected chi connectivity index (χ4v) is 11.9. The fraction of sp³-hybridized carbons (Fsp3) is 0.500. The molecule has 0 atom stereocenters. The van der Waals surface area contributed by atoms with E-state index in [1.165, 1.54) is 48.5 Å². The van der Waals surface area contributed by atoms with Crippen molar-refractivity contribution in [3.05, 3.63) is 89.0 Å². The highest BCUT2D eigenvalue weighted by Gasteiger charge is 2.30. The zero-order chi connectivity index (χ0) is 49.0. The van der Waals surface area contributed by atoms with Crippen molar-refractivity contribution in [3.8, 4) is 23.0 Å². The van der Waals surface area contributed by atoms with E-state index in [-0.39, 0.29) is 111 Å². The second-order valence-electron chi connectivity index (χ2n) is 16.2. The number of ether oxygens (including phenoxy) is 4. The number of rotatable bonds is 28. The molecular formula is C48H60N4O12S4. The molecule has 0 aliphatic carbocycles. The van der Waals surface area contributed by atoms with Gasteiger partial charge in [-0.15, -0.1) is 0 Å². The van der Waals surface area contributed by atoms with Gasteiger partial charge in [0.05, 0.1) is 85.3 Å². The van der Waals surface area contributed by atoms with Gasteiger partial charge in [-0.25, -0.2) is 0 Å². The molecule has 5 rings (SSSR count). The molecular weight excluding hydrogens is 953 g/mol. The highest BCUT2D eigenvalue weighted by atomic mass is 32.2. The summed E-state index contributed by atoms with van der Waals surface area (Å²) in [6, 6.07) is 10.8. The maximum Gasteiger partial charge on any atom is 0.271 e. The molecule has 0 unspecified atom stereocenters. The molecule has 0 amide bonds. The van der Waals surface area contributed by atoms with Gasteiger partial charge in [-0.2, -0.15) is 0 Å². The highest BCUT2D eigenvalue weighted by molar-refractivity contribution is 8.01. The Kier molecular flexibility index (Phi) is 22.2. The molecule has 16 nitrogen and oxygen atoms in total. The summed E-state index contributed by atoms with van der Waals surface area (Å²) >= 11 is 4.01. The van der Waals surface area contributed by atoms with Crippen molar-refractivity contribution >= 4 is 69.8 Å². The summed E-state index contributed by atoms with van der Waals surface area (Å²) < 4.78 is 26.3. The second-order valence-corrected chi connectivity index (χ2v) is 20.5. The van der Waals surface area contributed by atoms with E-state index < -0.39 is 19.7 Å². The van der Waals surface area contributed by atoms with E-state index in [2.05, 4.69) is 27.7 Å². The van der Waals surface area contributed by atoms with Gasteiger partial charge < -0.3 is 18.9 Å². The van der Waals surface area contributed by atoms with Gasteiger partial charge in [-0.1, -0.05) is 152 Å². The number of benzene rings is 4. The molecule has 0 saturated heterocycles. The molecule has 68 heavy (non-hydrogen) atoms. The Morgan fingerprint density at radius 2 is 0.500 bits per heavy atom. The number of fused-ring (bicyclic) bond motifs is 8. The van der Waals surface area contributed by atoms with Crippen molar-refractivity contribution < 1.29 is 38.6 Å². The van der Waals surface area contributed by atoms with Crippen molar-refractivity contribution in [2.75, 3.05) is 26.4 Å². The van der Waals surface area contributed by atoms with Crippen LogP contribution in [-0.2, 0) is 0 Å². The van der Waals surface area contributed by atoms with Crippen LogP contribution in [-0.4, -0.2) is 46.1 Å². The van der Waals surface area contributed by atoms with Crippen LogP contribution in [0.3, 0.4) is 0 Å². The third-order valence-corrected chi connectivity index (χ3v) is 14.9. The van der Waals surface area contributed by atoms with Gasteiger partial charge in [0.2, 0.25) is 0 Å². The molecule has 1 heterocycles. The van der Waals surface area contributed by atoms with Crippen LogP contribution in [0.15, 0.2) is 87.7 Å². The first-order valence-corrected chi connectivity index (χ1v) is 26.7. The SMILES string of the molecule is CCCCCCOc1c2cc([N+](=O)[O-])cc1Sc1cc([N+](=O)[O-])cc(c1OCCCCCC)Sc1cc([N+](=O)[O-])cc(c1OCCCCCC)Sc1cc([N+](=O)[O-])cc(c1OCCCCCC)S2. The maximum absolute atomic E-state index is 12.8. The molecule has 20 heteroatoms. The predicted molar refractivity (Wildman–Crippen MR) is 267 cm³/mol. The predicted octanol–water partition coefficient (Wildman–Crippen LogP) is 16.1. The van der Waals surface area contributed by atoms with Crippen LogP contribution in [0.1, 0.15) is 130 Å². The van der Waals surface area contributed by atoms with Crippen molar-refractivity contribution in [2.24, 2.45) is 0 Å². The first-order valence-electron chi connectivity index (χ1n) is 23.4. The van der Waals surface area contributed by atoms with Crippen molar-refractivity contribution in [1.29, 1.82) is 0 Å². The lowest BCUT2D eigenvalue weighted by Crippen LogP contribution is -2.05. The number of hydrogen-bond donors (Lipinski definition) is 0. The Balaban J connectivity index is 1.89. The van der Waals surface area contributed by atoms with Gasteiger partial charge in [0.25, 0.3) is 22.7 Å². The molecule has 4 aromatic carbocycles. The third kappa shape index (κ3) is 15.5. The largest absolute Gasteiger partial charge is 0.491 e. The molecule has 368 valence electrons. The monoisotopic (exact) mass is 1010 g/mol. The maximum atomic E-state index is 12.8. The van der Waals surface area contributed by atoms with Crippen molar-refractivity contribution in [3.63, 3.8) is 0 Å². The van der Waals surface area contributed by atoms with Gasteiger partial charge in [-0.05, 0) is 25.7 Å². The van der Waals surface area contributed by atoms with E-state index in [0.29, 0.717) is 25.7 Å². The molecule has 0 spiro atoms. The normalized spacial score (nSPS) is 12.1. The van der Waals surface area contributed by atoms with E-state index in [9.17, 15) is 40.5 Å². The number of hydrogen-bond acceptors (Lipinski definition) is 16. The van der Waals surface area contributed by atoms with Gasteiger partial charge in [0, 0.05) is 48.5 Å². The summed E-state index contributed by atoms with van der Waals surface area (Å²) in [5, 5.41) is 51.0. The van der Waals surface area contributed by atoms with Crippen LogP contribution >= 0.6 is 47.0 Å². The Bertz CT molecular complexity index is 1970. The lowest BCUT2D eigenvalue weighted by atomic mass is 10.2. The molecule has 8 bridgehead atoms. The average molecular weight is 1010 g/mol. The zero-order valence-electron chi connectivity index (χ0n) is 39.1. The molecule has 0 radical (unpaired) electrons. The molecule has 1 aliphatic rings. The first kappa shape index (κ1) is 54.0. The molecule has 4 aromatic rings. The Morgan fingerprint density at radius 3 is 0.647 bits per heavy atom. The standard InChI is InChI=1S/C48H60N4O12S4/c1-5-9-13-17-21-61-45-37-25-33(49(53)54)26-38(45)66-40-28-35(51(57)58)30-42(47(40)63-23-19-15-11-7-3)68-44-32-36(52(59)60)31-43(48(44)64-24-20-16-12-8-4)67-41-29-34(50(55)56)27-39(65-37)46(41)62-22-18-14-10-6-2/h25-32H,5-24H2,1-4H3. The van der Waals surface area contributed by atoms with Gasteiger partial charge in [0.1, 0.15) is 23.0 Å². The topological polar surface area (TPSA) is 209 Å². The van der Waals surface area contributed by atoms with E-state index in [1.54, 1.807) is 0 Å². The smallest absolute Gasteiger partial charge is 0.271 e. The number of non-ortho nitro benzene ring substituents is 4. The number of nitrogens with zero attached hydrogens (tertiary/aromatic N) is 4. The number of nitro benzene ring substituents is 4. The van der Waals surface area contributed by atoms with E-state index in [1.807, 2.05) is 0 Å². The summed E-state index contributed by atoms with van der Waals surface area (Å²) in [6.07, 6.45) is 13.9. The summed E-state index contributed by atoms with van der Waals surface area (Å²) in [4.78, 5) is 50.9. The second kappa shape index (κ2) is 27.9. The van der Waals surface area contributed by atoms with E-state index in [0.717, 1.165) is 124 Å². The van der Waals surface area contributed by atoms with Gasteiger partial charge in [-0.3, -0.25) is 40.5 Å². The van der Waals surface area contributed by atoms with Crippen molar-refractivity contribution in [1.82, 2.24) is 0 Å². The average Bonchev–Trinajstić information content (AvgIpc) is 3.30. The summed E-state index contributed by atoms with van der Waals surface area (Å²) in [5.41, 5.74) is -1.22. The fourth-order valence-electron chi connectivity index (χ4n) is 7.13. The van der Waals surface area contributed by atoms with Crippen LogP contribution in [0.4, 0.5) is 22.7 Å². The quantitative estimate of drug-likeness (QED) is 0.0259. The summed E-state index contributed by atoms with van der Waals surface area (Å²) in [6.45, 7) is 9.30. The van der Waals surface area contributed by atoms with Crippen LogP contribution in [0.25, 0.3) is 0 Å². The van der Waals surface area contributed by atoms with Crippen LogP contribution in [0.2, 0.25) is 0 Å². The lowest BCUT2D eigenvalue weighted by Gasteiger charge is -2.22. The third-order valence-electron chi connectivity index (χ3n) is 10.7. The Hall–Kier alpha value is -4.92. The van der Waals surface area contributed by atoms with E-state index in [4.69, 9.17) is 18.9 Å². The summed E-state index contributed by atoms with van der Waals surface area (Å²) in [7, 11) is 0. The molecule has 1 aliphatic heterocycles. The first-order chi connectivity index (χ1) is 32.9. The highest BCUT2D eigenvalue weighted by Crippen LogP contribution is 2.56. The molecule has 0 aromatic heterocycles. The van der Waals surface area contributed by atoms with Crippen LogP contribution in [0.5, 0.6) is 23.0 Å². The van der Waals surface area contributed by atoms with Crippen LogP contribution < -0.4 is 18.9 Å². The number of nitro groups is 4. The molecule has 0 N–H and O–H groups in total. The van der Waals surface area contributed by atoms with Crippen LogP contribution in [0, 0.1) is 40.5 Å². The molecule has 0 saturated carbocycles. The minimum Gasteiger partial charge on any atom is -0.491 e. The minimum absolute atomic E-state index is 0.237. The molecule has 0 fully saturated rings. The Labute approximate surface area is 414 Å². The minimum atomic E-state index is -0.541. The lowest BCUT2D eigenvalue weighted by molar-refractivity contribution is -0.385. The van der Waals surface area contributed by atoms with Crippen molar-refractivity contribution in [2.45, 2.75) is 170 Å². The van der Waals surface area contributed by atoms with Gasteiger partial charge >= 0.3 is 0 Å². The zero-order valence-corrected chi connectivity index (χ0v) is 42.3.